The lowest BCUT2D eigenvalue weighted by atomic mass is 9.79. The van der Waals surface area contributed by atoms with Gasteiger partial charge in [-0.1, -0.05) is 12.1 Å². The predicted octanol–water partition coefficient (Wildman–Crippen LogP) is 1.07. The van der Waals surface area contributed by atoms with Crippen molar-refractivity contribution in [1.29, 1.82) is 5.26 Å². The summed E-state index contributed by atoms with van der Waals surface area (Å²) in [4.78, 5) is 0. The Labute approximate surface area is 123 Å². The minimum atomic E-state index is -3.31. The molecular formula is C14H17NO5S. The molecule has 1 aliphatic rings. The number of hydrogen-bond acceptors (Lipinski definition) is 6. The summed E-state index contributed by atoms with van der Waals surface area (Å²) in [5.74, 6) is 0.288. The van der Waals surface area contributed by atoms with Gasteiger partial charge in [-0.15, -0.1) is 0 Å². The van der Waals surface area contributed by atoms with Crippen LogP contribution in [0.4, 0.5) is 0 Å². The van der Waals surface area contributed by atoms with Crippen molar-refractivity contribution in [1.82, 2.24) is 0 Å². The zero-order chi connectivity index (χ0) is 15.7. The van der Waals surface area contributed by atoms with Gasteiger partial charge in [0.05, 0.1) is 31.8 Å². The first-order valence-corrected chi connectivity index (χ1v) is 8.22. The van der Waals surface area contributed by atoms with Crippen molar-refractivity contribution in [3.05, 3.63) is 23.8 Å². The summed E-state index contributed by atoms with van der Waals surface area (Å²) in [5.41, 5.74) is -0.992. The predicted molar refractivity (Wildman–Crippen MR) is 75.8 cm³/mol. The molecule has 1 heterocycles. The zero-order valence-corrected chi connectivity index (χ0v) is 12.7. The summed E-state index contributed by atoms with van der Waals surface area (Å²) >= 11 is 0. The molecule has 0 saturated carbocycles. The van der Waals surface area contributed by atoms with Crippen LogP contribution in [-0.4, -0.2) is 39.2 Å². The van der Waals surface area contributed by atoms with E-state index in [1.165, 1.54) is 14.2 Å². The number of hydrogen-bond donors (Lipinski definition) is 1. The summed E-state index contributed by atoms with van der Waals surface area (Å²) in [6.45, 7) is 0. The standard InChI is InChI=1S/C14H17NO5S/c1-19-11-5-3-4-10(12(11)20-2)13(16)14(8-15)6-7-21(17,18)9-14/h3-5,13,16H,6-7,9H2,1-2H3. The van der Waals surface area contributed by atoms with E-state index in [1.807, 2.05) is 6.07 Å². The Bertz CT molecular complexity index is 679. The van der Waals surface area contributed by atoms with E-state index in [-0.39, 0.29) is 17.9 Å². The smallest absolute Gasteiger partial charge is 0.166 e. The van der Waals surface area contributed by atoms with E-state index in [0.29, 0.717) is 17.1 Å². The Morgan fingerprint density at radius 1 is 1.38 bits per heavy atom. The second kappa shape index (κ2) is 5.54. The maximum atomic E-state index is 11.7. The molecule has 0 aromatic heterocycles. The SMILES string of the molecule is COc1cccc(C(O)C2(C#N)CCS(=O)(=O)C2)c1OC. The lowest BCUT2D eigenvalue weighted by molar-refractivity contribution is 0.0764. The van der Waals surface area contributed by atoms with Crippen molar-refractivity contribution >= 4 is 9.84 Å². The van der Waals surface area contributed by atoms with Gasteiger partial charge in [0.15, 0.2) is 21.3 Å². The molecule has 1 fully saturated rings. The van der Waals surface area contributed by atoms with Gasteiger partial charge in [0.25, 0.3) is 0 Å². The van der Waals surface area contributed by atoms with E-state index >= 15 is 0 Å². The molecule has 1 aromatic carbocycles. The first-order valence-electron chi connectivity index (χ1n) is 6.40. The fourth-order valence-corrected chi connectivity index (χ4v) is 4.64. The Hall–Kier alpha value is -1.78. The van der Waals surface area contributed by atoms with Crippen LogP contribution in [0, 0.1) is 16.7 Å². The van der Waals surface area contributed by atoms with Crippen LogP contribution in [0.5, 0.6) is 11.5 Å². The van der Waals surface area contributed by atoms with Crippen LogP contribution in [0.3, 0.4) is 0 Å². The third-order valence-corrected chi connectivity index (χ3v) is 5.59. The Morgan fingerprint density at radius 3 is 2.57 bits per heavy atom. The maximum absolute atomic E-state index is 11.7. The third-order valence-electron chi connectivity index (χ3n) is 3.81. The van der Waals surface area contributed by atoms with Gasteiger partial charge < -0.3 is 14.6 Å². The molecule has 2 atom stereocenters. The van der Waals surface area contributed by atoms with E-state index in [4.69, 9.17) is 9.47 Å². The van der Waals surface area contributed by atoms with Gasteiger partial charge in [-0.3, -0.25) is 0 Å². The summed E-state index contributed by atoms with van der Waals surface area (Å²) in [6.07, 6.45) is -1.15. The van der Waals surface area contributed by atoms with Crippen molar-refractivity contribution in [2.75, 3.05) is 25.7 Å². The molecule has 0 amide bonds. The van der Waals surface area contributed by atoms with Gasteiger partial charge in [-0.25, -0.2) is 8.42 Å². The highest BCUT2D eigenvalue weighted by atomic mass is 32.2. The van der Waals surface area contributed by atoms with Crippen LogP contribution < -0.4 is 9.47 Å². The van der Waals surface area contributed by atoms with E-state index in [2.05, 4.69) is 0 Å². The number of nitrogens with zero attached hydrogens (tertiary/aromatic N) is 1. The molecule has 0 radical (unpaired) electrons. The molecule has 2 unspecified atom stereocenters. The molecule has 2 rings (SSSR count). The molecule has 6 nitrogen and oxygen atoms in total. The van der Waals surface area contributed by atoms with Gasteiger partial charge >= 0.3 is 0 Å². The minimum absolute atomic E-state index is 0.0933. The van der Waals surface area contributed by atoms with Crippen LogP contribution in [0.1, 0.15) is 18.1 Å². The molecule has 1 aromatic rings. The first-order chi connectivity index (χ1) is 9.89. The maximum Gasteiger partial charge on any atom is 0.166 e. The number of ether oxygens (including phenoxy) is 2. The number of aliphatic hydroxyl groups is 1. The normalized spacial score (nSPS) is 25.0. The van der Waals surface area contributed by atoms with Gasteiger partial charge in [-0.05, 0) is 12.5 Å². The van der Waals surface area contributed by atoms with Gasteiger partial charge in [-0.2, -0.15) is 5.26 Å². The highest BCUT2D eigenvalue weighted by Gasteiger charge is 2.49. The van der Waals surface area contributed by atoms with Gasteiger partial charge in [0, 0.05) is 5.56 Å². The van der Waals surface area contributed by atoms with E-state index in [9.17, 15) is 18.8 Å². The van der Waals surface area contributed by atoms with Crippen LogP contribution >= 0.6 is 0 Å². The van der Waals surface area contributed by atoms with Crippen LogP contribution in [0.25, 0.3) is 0 Å². The molecule has 114 valence electrons. The second-order valence-corrected chi connectivity index (χ2v) is 7.28. The summed E-state index contributed by atoms with van der Waals surface area (Å²) < 4.78 is 33.8. The van der Waals surface area contributed by atoms with Gasteiger partial charge in [0.2, 0.25) is 0 Å². The number of rotatable bonds is 4. The number of para-hydroxylation sites is 1. The first kappa shape index (κ1) is 15.6. The highest BCUT2D eigenvalue weighted by Crippen LogP contribution is 2.47. The third kappa shape index (κ3) is 2.69. The number of aliphatic hydroxyl groups excluding tert-OH is 1. The molecule has 0 spiro atoms. The molecule has 1 aliphatic heterocycles. The largest absolute Gasteiger partial charge is 0.493 e. The van der Waals surface area contributed by atoms with Crippen LogP contribution in [-0.2, 0) is 9.84 Å². The fourth-order valence-electron chi connectivity index (χ4n) is 2.66. The zero-order valence-electron chi connectivity index (χ0n) is 11.9. The van der Waals surface area contributed by atoms with Crippen molar-refractivity contribution in [3.8, 4) is 17.6 Å². The highest BCUT2D eigenvalue weighted by molar-refractivity contribution is 7.91. The molecule has 1 N–H and O–H groups in total. The van der Waals surface area contributed by atoms with E-state index in [1.54, 1.807) is 18.2 Å². The topological polar surface area (TPSA) is 96.6 Å². The van der Waals surface area contributed by atoms with E-state index < -0.39 is 21.4 Å². The monoisotopic (exact) mass is 311 g/mol. The lowest BCUT2D eigenvalue weighted by Crippen LogP contribution is -2.29. The minimum Gasteiger partial charge on any atom is -0.493 e. The average Bonchev–Trinajstić information content (AvgIpc) is 2.82. The van der Waals surface area contributed by atoms with Gasteiger partial charge in [0.1, 0.15) is 11.5 Å². The number of methoxy groups -OCH3 is 2. The van der Waals surface area contributed by atoms with Crippen molar-refractivity contribution < 1.29 is 23.0 Å². The number of nitriles is 1. The Kier molecular flexibility index (Phi) is 4.12. The van der Waals surface area contributed by atoms with Crippen LogP contribution in [0.15, 0.2) is 18.2 Å². The number of sulfone groups is 1. The summed E-state index contributed by atoms with van der Waals surface area (Å²) in [6, 6.07) is 6.93. The molecular weight excluding hydrogens is 294 g/mol. The van der Waals surface area contributed by atoms with Crippen LogP contribution in [0.2, 0.25) is 0 Å². The summed E-state index contributed by atoms with van der Waals surface area (Å²) in [5, 5.41) is 20.0. The quantitative estimate of drug-likeness (QED) is 0.893. The Morgan fingerprint density at radius 2 is 2.10 bits per heavy atom. The van der Waals surface area contributed by atoms with E-state index in [0.717, 1.165) is 0 Å². The number of benzene rings is 1. The molecule has 21 heavy (non-hydrogen) atoms. The molecule has 0 aliphatic carbocycles. The summed E-state index contributed by atoms with van der Waals surface area (Å²) in [7, 11) is -0.413. The molecule has 7 heteroatoms. The second-order valence-electron chi connectivity index (χ2n) is 5.10. The van der Waals surface area contributed by atoms with Crippen molar-refractivity contribution in [3.63, 3.8) is 0 Å². The molecule has 1 saturated heterocycles. The average molecular weight is 311 g/mol. The van der Waals surface area contributed by atoms with Crippen molar-refractivity contribution in [2.45, 2.75) is 12.5 Å². The van der Waals surface area contributed by atoms with Crippen molar-refractivity contribution in [2.24, 2.45) is 5.41 Å². The Balaban J connectivity index is 2.49. The lowest BCUT2D eigenvalue weighted by Gasteiger charge is -2.27. The molecule has 0 bridgehead atoms. The fraction of sp³-hybridized carbons (Fsp3) is 0.500.